The highest BCUT2D eigenvalue weighted by Gasteiger charge is 2.28. The van der Waals surface area contributed by atoms with Gasteiger partial charge in [0.15, 0.2) is 0 Å². The summed E-state index contributed by atoms with van der Waals surface area (Å²) in [6, 6.07) is 12.2. The number of amides is 1. The monoisotopic (exact) mass is 417 g/mol. The number of morpholine rings is 1. The van der Waals surface area contributed by atoms with E-state index < -0.39 is 16.1 Å². The van der Waals surface area contributed by atoms with Gasteiger partial charge < -0.3 is 15.4 Å². The van der Waals surface area contributed by atoms with E-state index in [1.165, 1.54) is 10.4 Å². The highest BCUT2D eigenvalue weighted by molar-refractivity contribution is 7.89. The summed E-state index contributed by atoms with van der Waals surface area (Å²) in [6.07, 6.45) is 0. The van der Waals surface area contributed by atoms with E-state index in [-0.39, 0.29) is 10.8 Å². The Morgan fingerprint density at radius 2 is 1.79 bits per heavy atom. The summed E-state index contributed by atoms with van der Waals surface area (Å²) >= 11 is 0. The van der Waals surface area contributed by atoms with Crippen LogP contribution in [0.15, 0.2) is 47.4 Å². The average Bonchev–Trinajstić information content (AvgIpc) is 2.70. The fourth-order valence-electron chi connectivity index (χ4n) is 3.18. The largest absolute Gasteiger partial charge is 0.379 e. The van der Waals surface area contributed by atoms with Crippen LogP contribution >= 0.6 is 0 Å². The predicted molar refractivity (Wildman–Crippen MR) is 114 cm³/mol. The van der Waals surface area contributed by atoms with Gasteiger partial charge in [-0.25, -0.2) is 8.42 Å². The van der Waals surface area contributed by atoms with Gasteiger partial charge in [0.05, 0.1) is 18.1 Å². The van der Waals surface area contributed by atoms with E-state index in [1.54, 1.807) is 26.0 Å². The second kappa shape index (κ2) is 8.94. The Morgan fingerprint density at radius 1 is 1.07 bits per heavy atom. The van der Waals surface area contributed by atoms with Crippen LogP contribution in [0.2, 0.25) is 0 Å². The summed E-state index contributed by atoms with van der Waals surface area (Å²) in [5.74, 6) is -0.245. The minimum atomic E-state index is -3.64. The molecule has 0 aliphatic carbocycles. The molecule has 1 fully saturated rings. The molecular weight excluding hydrogens is 390 g/mol. The number of hydrogen-bond acceptors (Lipinski definition) is 5. The first-order chi connectivity index (χ1) is 13.8. The SMILES string of the molecule is Cc1cccc(N[C@H](C)C(=O)Nc2ccc(C)c(S(=O)(=O)N3CCOCC3)c2)c1. The zero-order chi connectivity index (χ0) is 21.0. The van der Waals surface area contributed by atoms with Gasteiger partial charge in [0.1, 0.15) is 6.04 Å². The number of nitrogens with zero attached hydrogens (tertiary/aromatic N) is 1. The summed E-state index contributed by atoms with van der Waals surface area (Å²) in [7, 11) is -3.64. The Labute approximate surface area is 172 Å². The van der Waals surface area contributed by atoms with Gasteiger partial charge in [-0.2, -0.15) is 4.31 Å². The molecule has 0 spiro atoms. The third-order valence-electron chi connectivity index (χ3n) is 4.84. The Bertz CT molecular complexity index is 985. The molecule has 1 amide bonds. The summed E-state index contributed by atoms with van der Waals surface area (Å²) in [5.41, 5.74) is 3.04. The quantitative estimate of drug-likeness (QED) is 0.755. The van der Waals surface area contributed by atoms with Gasteiger partial charge in [-0.1, -0.05) is 18.2 Å². The molecule has 2 aromatic rings. The number of rotatable bonds is 6. The van der Waals surface area contributed by atoms with Crippen LogP contribution in [0.5, 0.6) is 0 Å². The molecule has 1 atom stereocenters. The lowest BCUT2D eigenvalue weighted by Crippen LogP contribution is -2.40. The lowest BCUT2D eigenvalue weighted by atomic mass is 10.2. The molecule has 29 heavy (non-hydrogen) atoms. The van der Waals surface area contributed by atoms with Crippen molar-refractivity contribution in [3.05, 3.63) is 53.6 Å². The zero-order valence-electron chi connectivity index (χ0n) is 16.9. The molecule has 2 N–H and O–H groups in total. The molecule has 0 saturated carbocycles. The first kappa shape index (κ1) is 21.3. The smallest absolute Gasteiger partial charge is 0.246 e. The number of hydrogen-bond donors (Lipinski definition) is 2. The standard InChI is InChI=1S/C21H27N3O4S/c1-15-5-4-6-18(13-15)22-17(3)21(25)23-19-8-7-16(2)20(14-19)29(26,27)24-9-11-28-12-10-24/h4-8,13-14,17,22H,9-12H2,1-3H3,(H,23,25)/t17-/m1/s1. The van der Waals surface area contributed by atoms with E-state index in [9.17, 15) is 13.2 Å². The fraction of sp³-hybridized carbons (Fsp3) is 0.381. The number of carbonyl (C=O) groups is 1. The second-order valence-corrected chi connectivity index (χ2v) is 9.13. The molecular formula is C21H27N3O4S. The van der Waals surface area contributed by atoms with E-state index in [0.29, 0.717) is 37.6 Å². The van der Waals surface area contributed by atoms with Crippen molar-refractivity contribution >= 4 is 27.3 Å². The van der Waals surface area contributed by atoms with Gasteiger partial charge in [-0.15, -0.1) is 0 Å². The van der Waals surface area contributed by atoms with Crippen LogP contribution < -0.4 is 10.6 Å². The lowest BCUT2D eigenvalue weighted by molar-refractivity contribution is -0.116. The van der Waals surface area contributed by atoms with Crippen molar-refractivity contribution in [3.8, 4) is 0 Å². The first-order valence-corrected chi connectivity index (χ1v) is 11.0. The first-order valence-electron chi connectivity index (χ1n) is 9.60. The van der Waals surface area contributed by atoms with Crippen LogP contribution in [0.25, 0.3) is 0 Å². The Kier molecular flexibility index (Phi) is 6.56. The van der Waals surface area contributed by atoms with Crippen molar-refractivity contribution in [3.63, 3.8) is 0 Å². The van der Waals surface area contributed by atoms with Gasteiger partial charge in [0.2, 0.25) is 15.9 Å². The van der Waals surface area contributed by atoms with Crippen molar-refractivity contribution in [2.24, 2.45) is 0 Å². The number of nitrogens with one attached hydrogen (secondary N) is 2. The van der Waals surface area contributed by atoms with Crippen molar-refractivity contribution in [2.45, 2.75) is 31.7 Å². The highest BCUT2D eigenvalue weighted by Crippen LogP contribution is 2.24. The van der Waals surface area contributed by atoms with Crippen LogP contribution in [0, 0.1) is 13.8 Å². The van der Waals surface area contributed by atoms with Gasteiger partial charge >= 0.3 is 0 Å². The number of benzene rings is 2. The van der Waals surface area contributed by atoms with Gasteiger partial charge in [0.25, 0.3) is 0 Å². The normalized spacial score (nSPS) is 16.2. The van der Waals surface area contributed by atoms with Crippen LogP contribution in [-0.2, 0) is 19.6 Å². The van der Waals surface area contributed by atoms with Gasteiger partial charge in [-0.3, -0.25) is 4.79 Å². The molecule has 1 heterocycles. The number of sulfonamides is 1. The zero-order valence-corrected chi connectivity index (χ0v) is 17.8. The van der Waals surface area contributed by atoms with Crippen LogP contribution in [0.3, 0.4) is 0 Å². The molecule has 0 bridgehead atoms. The molecule has 0 radical (unpaired) electrons. The maximum atomic E-state index is 13.0. The molecule has 8 heteroatoms. The molecule has 7 nitrogen and oxygen atoms in total. The van der Waals surface area contributed by atoms with Crippen molar-refractivity contribution < 1.29 is 17.9 Å². The number of carbonyl (C=O) groups excluding carboxylic acids is 1. The Morgan fingerprint density at radius 3 is 2.48 bits per heavy atom. The summed E-state index contributed by atoms with van der Waals surface area (Å²) in [5, 5.41) is 5.97. The number of ether oxygens (including phenoxy) is 1. The highest BCUT2D eigenvalue weighted by atomic mass is 32.2. The lowest BCUT2D eigenvalue weighted by Gasteiger charge is -2.27. The Balaban J connectivity index is 1.74. The molecule has 0 unspecified atom stereocenters. The third kappa shape index (κ3) is 5.14. The van der Waals surface area contributed by atoms with E-state index in [4.69, 9.17) is 4.74 Å². The minimum absolute atomic E-state index is 0.205. The molecule has 2 aromatic carbocycles. The van der Waals surface area contributed by atoms with Crippen molar-refractivity contribution in [1.29, 1.82) is 0 Å². The number of anilines is 2. The molecule has 1 aliphatic heterocycles. The van der Waals surface area contributed by atoms with Gasteiger partial charge in [-0.05, 0) is 56.2 Å². The molecule has 0 aromatic heterocycles. The van der Waals surface area contributed by atoms with E-state index in [2.05, 4.69) is 10.6 Å². The molecule has 1 saturated heterocycles. The topological polar surface area (TPSA) is 87.7 Å². The molecule has 3 rings (SSSR count). The summed E-state index contributed by atoms with van der Waals surface area (Å²) in [6.45, 7) is 6.93. The second-order valence-electron chi connectivity index (χ2n) is 7.22. The maximum Gasteiger partial charge on any atom is 0.246 e. The molecule has 156 valence electrons. The fourth-order valence-corrected chi connectivity index (χ4v) is 4.84. The Hall–Kier alpha value is -2.42. The van der Waals surface area contributed by atoms with Crippen LogP contribution in [0.1, 0.15) is 18.1 Å². The predicted octanol–water partition coefficient (Wildman–Crippen LogP) is 2.76. The average molecular weight is 418 g/mol. The van der Waals surface area contributed by atoms with Crippen LogP contribution in [-0.4, -0.2) is 51.0 Å². The van der Waals surface area contributed by atoms with Gasteiger partial charge in [0, 0.05) is 24.5 Å². The van der Waals surface area contributed by atoms with Crippen molar-refractivity contribution in [2.75, 3.05) is 36.9 Å². The summed E-state index contributed by atoms with van der Waals surface area (Å²) < 4.78 is 32.7. The van der Waals surface area contributed by atoms with Crippen molar-refractivity contribution in [1.82, 2.24) is 4.31 Å². The van der Waals surface area contributed by atoms with E-state index in [1.807, 2.05) is 31.2 Å². The number of aryl methyl sites for hydroxylation is 2. The van der Waals surface area contributed by atoms with Crippen LogP contribution in [0.4, 0.5) is 11.4 Å². The van der Waals surface area contributed by atoms with E-state index >= 15 is 0 Å². The summed E-state index contributed by atoms with van der Waals surface area (Å²) in [4.78, 5) is 12.8. The molecule has 1 aliphatic rings. The maximum absolute atomic E-state index is 13.0. The van der Waals surface area contributed by atoms with E-state index in [0.717, 1.165) is 11.3 Å². The third-order valence-corrected chi connectivity index (χ3v) is 6.88. The minimum Gasteiger partial charge on any atom is -0.379 e.